The van der Waals surface area contributed by atoms with Crippen molar-refractivity contribution in [3.8, 4) is 0 Å². The quantitative estimate of drug-likeness (QED) is 0.00380. The van der Waals surface area contributed by atoms with Crippen LogP contribution in [0, 0.1) is 10.1 Å². The molecule has 1 amide bonds. The second-order valence-corrected chi connectivity index (χ2v) is 43.4. The van der Waals surface area contributed by atoms with E-state index in [0.717, 1.165) is 123 Å². The highest BCUT2D eigenvalue weighted by Gasteiger charge is 2.37. The summed E-state index contributed by atoms with van der Waals surface area (Å²) in [5.74, 6) is 11.9. The number of aliphatic hydroxyl groups is 7. The lowest BCUT2D eigenvalue weighted by molar-refractivity contribution is -0.756. The predicted molar refractivity (Wildman–Crippen MR) is 491 cm³/mol. The van der Waals surface area contributed by atoms with E-state index in [1.165, 1.54) is 48.3 Å². The van der Waals surface area contributed by atoms with Crippen molar-refractivity contribution in [1.82, 2.24) is 5.32 Å². The summed E-state index contributed by atoms with van der Waals surface area (Å²) < 4.78 is 41.7. The Kier molecular flexibility index (Phi) is 99.1. The molecule has 1 heterocycles. The van der Waals surface area contributed by atoms with Crippen LogP contribution in [-0.4, -0.2) is 293 Å². The van der Waals surface area contributed by atoms with Crippen LogP contribution in [0.25, 0.3) is 0 Å². The smallest absolute Gasteiger partial charge is 0.407 e. The van der Waals surface area contributed by atoms with Gasteiger partial charge in [-0.05, 0) is 56.7 Å². The molecular weight excluding hydrogens is 1830 g/mol. The van der Waals surface area contributed by atoms with Crippen LogP contribution < -0.4 is 5.32 Å². The molecule has 0 aromatic heterocycles. The fourth-order valence-corrected chi connectivity index (χ4v) is 20.9. The Morgan fingerprint density at radius 1 is 0.500 bits per heavy atom. The number of esters is 3. The molecule has 1 unspecified atom stereocenters. The van der Waals surface area contributed by atoms with Crippen molar-refractivity contribution in [2.45, 2.75) is 71.4 Å². The van der Waals surface area contributed by atoms with Crippen molar-refractivity contribution in [1.29, 1.82) is 0 Å². The number of nitrogens with zero attached hydrogens (tertiary/aromatic N) is 1. The fourth-order valence-electron chi connectivity index (χ4n) is 6.73. The summed E-state index contributed by atoms with van der Waals surface area (Å²) in [4.78, 5) is 55.9. The minimum atomic E-state index is -0.808. The van der Waals surface area contributed by atoms with Gasteiger partial charge in [0, 0.05) is 131 Å². The van der Waals surface area contributed by atoms with Crippen molar-refractivity contribution in [3.05, 3.63) is 118 Å². The predicted octanol–water partition coefficient (Wildman–Crippen LogP) is 15.1. The first kappa shape index (κ1) is 117. The van der Waals surface area contributed by atoms with Crippen LogP contribution in [0.1, 0.15) is 70.6 Å². The second-order valence-electron chi connectivity index (χ2n) is 20.7. The third-order valence-corrected chi connectivity index (χ3v) is 30.7. The standard InChI is InChI=1S/C23H24O2S2.C9H19NO3S2.C9H18O3S2.C7H14O3S2.C6H11ClO3S2.C6H12O3S2.C4H9BrOS2.C4H9NO4S2/c24-16-18-26-27-19-17-25-23(20-10-4-1-5-11-20,21-12-6-2-7-13-21)22-14-8-3-9-15-22;1-9(2,3)13-8(12)10-4-6-14-15-7-5-11;10-4-7-13-14-8-6-12-9-3-1-2-5-11-9;1-7(8)10-4-6-12-11-5-3-9-2;7-5-6(9)10-2-4-12-11-3-1-8;1-6(8)9-3-5-11-10-4-2-7;5-1-3-7-8-4-2-6;6-1-3-10-11-4-2-9-5(7)8/h1-15,24H,16-19H2;11H,4-7H2,1-3H3,(H,10,12);9-10H,1-8H2;3-6H2,1-2H3;8H,1-5H2;7H,2-5H2,1H3;6H,1-4H2;6H,1-4H2. The maximum absolute atomic E-state index is 11.2. The summed E-state index contributed by atoms with van der Waals surface area (Å²) in [6.07, 6.45) is 3.08. The van der Waals surface area contributed by atoms with Gasteiger partial charge in [-0.3, -0.25) is 14.4 Å². The average molecular weight is 1940 g/mol. The van der Waals surface area contributed by atoms with Gasteiger partial charge in [-0.1, -0.05) is 280 Å². The minimum absolute atomic E-state index is 0.0344. The van der Waals surface area contributed by atoms with Crippen molar-refractivity contribution in [3.63, 3.8) is 0 Å². The molecule has 3 aromatic carbocycles. The monoisotopic (exact) mass is 1940 g/mol. The van der Waals surface area contributed by atoms with E-state index in [4.69, 9.17) is 80.5 Å². The zero-order chi connectivity index (χ0) is 82.4. The van der Waals surface area contributed by atoms with Crippen molar-refractivity contribution in [2.75, 3.05) is 216 Å². The van der Waals surface area contributed by atoms with Gasteiger partial charge >= 0.3 is 24.0 Å². The molecule has 0 spiro atoms. The molecule has 4 rings (SSSR count). The van der Waals surface area contributed by atoms with Crippen molar-refractivity contribution < 1.29 is 103 Å². The topological polar surface area (TPSA) is 348 Å². The fraction of sp³-hybridized carbons (Fsp3) is 0.676. The highest BCUT2D eigenvalue weighted by Crippen LogP contribution is 2.41. The summed E-state index contributed by atoms with van der Waals surface area (Å²) in [6.45, 7) is 14.8. The number of alkyl halides is 2. The van der Waals surface area contributed by atoms with Gasteiger partial charge in [-0.25, -0.2) is 4.79 Å². The van der Waals surface area contributed by atoms with E-state index in [0.29, 0.717) is 56.8 Å². The molecule has 1 fully saturated rings. The number of methoxy groups -OCH3 is 1. The van der Waals surface area contributed by atoms with Gasteiger partial charge in [0.2, 0.25) is 0 Å². The number of alkyl carbamates (subject to hydrolysis) is 1. The summed E-state index contributed by atoms with van der Waals surface area (Å²) in [6, 6.07) is 31.3. The number of aliphatic hydroxyl groups excluding tert-OH is 7. The van der Waals surface area contributed by atoms with Crippen LogP contribution in [0.15, 0.2) is 91.0 Å². The molecule has 0 radical (unpaired) electrons. The first-order valence-electron chi connectivity index (χ1n) is 34.3. The van der Waals surface area contributed by atoms with E-state index in [2.05, 4.69) is 104 Å². The van der Waals surface area contributed by atoms with E-state index < -0.39 is 16.3 Å². The SMILES string of the molecule is CC(=O)OCCSSCCO.CC(C)(C)OC(=O)NCCSSCCO.COCCSSCCOC(C)=O.O=C(CCl)OCCSSCCO.O=[N+]([O-])OCCSSCCO.OCCSSCCBr.OCCSSCCOC(c1ccccc1)(c1ccccc1)c1ccccc1.OCCSSCCOC1CCCCO1. The van der Waals surface area contributed by atoms with Gasteiger partial charge in [0.05, 0.1) is 66.1 Å². The van der Waals surface area contributed by atoms with E-state index in [-0.39, 0.29) is 82.4 Å². The van der Waals surface area contributed by atoms with Crippen LogP contribution in [0.5, 0.6) is 0 Å². The van der Waals surface area contributed by atoms with Crippen molar-refractivity contribution >= 4 is 224 Å². The molecule has 0 bridgehead atoms. The molecule has 42 heteroatoms. The van der Waals surface area contributed by atoms with Crippen LogP contribution in [0.4, 0.5) is 4.79 Å². The molecule has 8 N–H and O–H groups in total. The number of halogens is 2. The van der Waals surface area contributed by atoms with Gasteiger partial charge in [-0.2, -0.15) is 0 Å². The van der Waals surface area contributed by atoms with Gasteiger partial charge < -0.3 is 83.8 Å². The van der Waals surface area contributed by atoms with Gasteiger partial charge in [0.15, 0.2) is 6.29 Å². The summed E-state index contributed by atoms with van der Waals surface area (Å²) in [7, 11) is 27.9. The Morgan fingerprint density at radius 3 is 1.18 bits per heavy atom. The Bertz CT molecular complexity index is 2330. The average Bonchev–Trinajstić information content (AvgIpc) is 0.760. The van der Waals surface area contributed by atoms with Gasteiger partial charge in [0.25, 0.3) is 5.09 Å². The Labute approximate surface area is 730 Å². The van der Waals surface area contributed by atoms with Crippen LogP contribution in [0.2, 0.25) is 0 Å². The van der Waals surface area contributed by atoms with Gasteiger partial charge in [0.1, 0.15) is 43.5 Å². The lowest BCUT2D eigenvalue weighted by Crippen LogP contribution is -2.33. The molecular formula is C68H116BrClN2O22S16. The number of carbonyl (C=O) groups is 4. The van der Waals surface area contributed by atoms with E-state index in [1.54, 1.807) is 158 Å². The highest BCUT2D eigenvalue weighted by atomic mass is 79.9. The van der Waals surface area contributed by atoms with E-state index in [1.807, 2.05) is 39.0 Å². The Morgan fingerprint density at radius 2 is 0.845 bits per heavy atom. The lowest BCUT2D eigenvalue weighted by atomic mass is 9.80. The molecule has 24 nitrogen and oxygen atoms in total. The second kappa shape index (κ2) is 93.3. The first-order valence-corrected chi connectivity index (χ1v) is 55.9. The van der Waals surface area contributed by atoms with E-state index in [9.17, 15) is 29.3 Å². The lowest BCUT2D eigenvalue weighted by Gasteiger charge is -2.36. The maximum Gasteiger partial charge on any atom is 0.407 e. The molecule has 1 saturated heterocycles. The zero-order valence-corrected chi connectivity index (χ0v) is 78.8. The molecule has 3 aromatic rings. The number of hydrogen-bond donors (Lipinski definition) is 8. The number of amides is 1. The number of carbonyl (C=O) groups excluding carboxylic acids is 4. The number of nitrogens with one attached hydrogen (secondary N) is 1. The normalized spacial score (nSPS) is 12.0. The molecule has 1 aliphatic heterocycles. The summed E-state index contributed by atoms with van der Waals surface area (Å²) in [5, 5.41) is 72.0. The zero-order valence-electron chi connectivity index (χ0n) is 63.4. The number of benzene rings is 3. The van der Waals surface area contributed by atoms with E-state index >= 15 is 0 Å². The molecule has 0 saturated carbocycles. The highest BCUT2D eigenvalue weighted by molar-refractivity contribution is 9.09. The van der Waals surface area contributed by atoms with Crippen molar-refractivity contribution in [2.24, 2.45) is 0 Å². The first-order chi connectivity index (χ1) is 53.3. The van der Waals surface area contributed by atoms with Crippen LogP contribution in [0.3, 0.4) is 0 Å². The third-order valence-electron chi connectivity index (χ3n) is 10.8. The van der Waals surface area contributed by atoms with Gasteiger partial charge in [-0.15, -0.1) is 21.7 Å². The number of rotatable bonds is 55. The largest absolute Gasteiger partial charge is 0.465 e. The number of ether oxygens (including phenoxy) is 8. The molecule has 1 aliphatic rings. The molecule has 640 valence electrons. The number of hydrogen-bond acceptors (Lipinski definition) is 38. The Hall–Kier alpha value is 0.470. The maximum atomic E-state index is 11.2. The summed E-state index contributed by atoms with van der Waals surface area (Å²) >= 11 is 8.50. The molecule has 110 heavy (non-hydrogen) atoms. The van der Waals surface area contributed by atoms with Crippen LogP contribution in [-0.2, 0) is 62.7 Å². The molecule has 0 aliphatic carbocycles. The summed E-state index contributed by atoms with van der Waals surface area (Å²) in [5.41, 5.74) is 2.27. The molecule has 1 atom stereocenters. The van der Waals surface area contributed by atoms with Crippen LogP contribution >= 0.6 is 200 Å². The third kappa shape index (κ3) is 86.3. The Balaban J connectivity index is -0.000000603. The minimum Gasteiger partial charge on any atom is -0.465 e.